The Morgan fingerprint density at radius 2 is 2.05 bits per heavy atom. The van der Waals surface area contributed by atoms with E-state index in [1.807, 2.05) is 42.1 Å². The van der Waals surface area contributed by atoms with Crippen LogP contribution < -0.4 is 11.1 Å². The van der Waals surface area contributed by atoms with E-state index in [4.69, 9.17) is 5.73 Å². The second-order valence-electron chi connectivity index (χ2n) is 4.74. The van der Waals surface area contributed by atoms with Gasteiger partial charge in [0.25, 0.3) is 5.91 Å². The van der Waals surface area contributed by atoms with Crippen molar-refractivity contribution in [2.45, 2.75) is 6.54 Å². The van der Waals surface area contributed by atoms with Gasteiger partial charge in [-0.2, -0.15) is 0 Å². The first kappa shape index (κ1) is 13.1. The van der Waals surface area contributed by atoms with Crippen LogP contribution in [-0.4, -0.2) is 20.4 Å². The molecule has 3 N–H and O–H groups in total. The Labute approximate surface area is 121 Å². The number of nitrogens with zero attached hydrogens (tertiary/aromatic N) is 3. The summed E-state index contributed by atoms with van der Waals surface area (Å²) < 4.78 is 1.86. The van der Waals surface area contributed by atoms with E-state index in [2.05, 4.69) is 15.3 Å². The average molecular weight is 281 g/mol. The Bertz CT molecular complexity index is 809. The number of fused-ring (bicyclic) bond motifs is 1. The van der Waals surface area contributed by atoms with Gasteiger partial charge in [-0.1, -0.05) is 24.3 Å². The Morgan fingerprint density at radius 3 is 2.76 bits per heavy atom. The molecule has 6 nitrogen and oxygen atoms in total. The monoisotopic (exact) mass is 281 g/mol. The van der Waals surface area contributed by atoms with Crippen LogP contribution in [0.15, 0.2) is 42.9 Å². The highest BCUT2D eigenvalue weighted by atomic mass is 16.1. The van der Waals surface area contributed by atoms with Gasteiger partial charge in [-0.05, 0) is 5.39 Å². The van der Waals surface area contributed by atoms with E-state index in [1.54, 1.807) is 6.20 Å². The third-order valence-corrected chi connectivity index (χ3v) is 3.40. The molecule has 0 unspecified atom stereocenters. The van der Waals surface area contributed by atoms with Crippen LogP contribution in [0.4, 0.5) is 5.82 Å². The number of hydrogen-bond acceptors (Lipinski definition) is 4. The summed E-state index contributed by atoms with van der Waals surface area (Å²) in [7, 11) is 1.88. The zero-order valence-corrected chi connectivity index (χ0v) is 11.6. The smallest absolute Gasteiger partial charge is 0.253 e. The number of nitrogens with one attached hydrogen (secondary N) is 1. The van der Waals surface area contributed by atoms with E-state index in [0.29, 0.717) is 17.9 Å². The van der Waals surface area contributed by atoms with Crippen molar-refractivity contribution in [1.82, 2.24) is 19.9 Å². The number of benzene rings is 1. The topological polar surface area (TPSA) is 85.8 Å². The van der Waals surface area contributed by atoms with Gasteiger partial charge < -0.3 is 15.6 Å². The van der Waals surface area contributed by atoms with Gasteiger partial charge in [0, 0.05) is 31.0 Å². The van der Waals surface area contributed by atoms with Gasteiger partial charge >= 0.3 is 0 Å². The van der Waals surface area contributed by atoms with Gasteiger partial charge in [0.1, 0.15) is 11.6 Å². The first-order chi connectivity index (χ1) is 10.2. The summed E-state index contributed by atoms with van der Waals surface area (Å²) >= 11 is 0. The Hall–Kier alpha value is -2.89. The molecule has 0 aliphatic heterocycles. The first-order valence-corrected chi connectivity index (χ1v) is 6.54. The van der Waals surface area contributed by atoms with Gasteiger partial charge in [-0.25, -0.2) is 9.97 Å². The van der Waals surface area contributed by atoms with Crippen molar-refractivity contribution in [3.63, 3.8) is 0 Å². The van der Waals surface area contributed by atoms with E-state index in [0.717, 1.165) is 16.6 Å². The lowest BCUT2D eigenvalue weighted by atomic mass is 10.1. The zero-order chi connectivity index (χ0) is 14.8. The number of rotatable bonds is 3. The van der Waals surface area contributed by atoms with Crippen molar-refractivity contribution in [3.8, 4) is 0 Å². The summed E-state index contributed by atoms with van der Waals surface area (Å²) in [6, 6.07) is 7.46. The number of nitrogens with two attached hydrogens (primary N) is 1. The lowest BCUT2D eigenvalue weighted by molar-refractivity contribution is 0.0951. The molecule has 0 spiro atoms. The molecule has 0 aliphatic rings. The summed E-state index contributed by atoms with van der Waals surface area (Å²) in [5.74, 6) is 1.02. The number of nitrogen functional groups attached to an aromatic ring is 1. The second kappa shape index (κ2) is 5.24. The van der Waals surface area contributed by atoms with Gasteiger partial charge in [0.15, 0.2) is 0 Å². The maximum Gasteiger partial charge on any atom is 0.253 e. The minimum atomic E-state index is -0.193. The maximum atomic E-state index is 12.3. The predicted molar refractivity (Wildman–Crippen MR) is 80.5 cm³/mol. The van der Waals surface area contributed by atoms with Crippen LogP contribution in [0.5, 0.6) is 0 Å². The fourth-order valence-electron chi connectivity index (χ4n) is 2.22. The second-order valence-corrected chi connectivity index (χ2v) is 4.74. The Balaban J connectivity index is 1.88. The molecule has 0 bridgehead atoms. The van der Waals surface area contributed by atoms with E-state index in [9.17, 15) is 4.79 Å². The summed E-state index contributed by atoms with van der Waals surface area (Å²) in [6.07, 6.45) is 5.04. The average Bonchev–Trinajstić information content (AvgIpc) is 2.91. The van der Waals surface area contributed by atoms with Crippen LogP contribution in [-0.2, 0) is 13.6 Å². The molecule has 2 heterocycles. The number of hydrogen-bond donors (Lipinski definition) is 2. The van der Waals surface area contributed by atoms with E-state index in [-0.39, 0.29) is 5.91 Å². The highest BCUT2D eigenvalue weighted by molar-refractivity contribution is 6.08. The largest absolute Gasteiger partial charge is 0.383 e. The highest BCUT2D eigenvalue weighted by Gasteiger charge is 2.12. The van der Waals surface area contributed by atoms with Gasteiger partial charge in [-0.15, -0.1) is 0 Å². The van der Waals surface area contributed by atoms with Crippen LogP contribution in [0, 0.1) is 0 Å². The maximum absolute atomic E-state index is 12.3. The van der Waals surface area contributed by atoms with Crippen molar-refractivity contribution in [2.24, 2.45) is 7.05 Å². The van der Waals surface area contributed by atoms with Crippen LogP contribution in [0.3, 0.4) is 0 Å². The standard InChI is InChI=1S/C15H15N5O/c1-20-7-6-17-13(20)9-19-15(21)12-8-18-14(16)11-5-3-2-4-10(11)12/h2-8H,9H2,1H3,(H2,16,18)(H,19,21). The number of aromatic nitrogens is 3. The SMILES string of the molecule is Cn1ccnc1CNC(=O)c1cnc(N)c2ccccc12. The lowest BCUT2D eigenvalue weighted by Crippen LogP contribution is -2.24. The Morgan fingerprint density at radius 1 is 1.29 bits per heavy atom. The minimum absolute atomic E-state index is 0.193. The van der Waals surface area contributed by atoms with Gasteiger partial charge in [-0.3, -0.25) is 4.79 Å². The molecule has 6 heteroatoms. The lowest BCUT2D eigenvalue weighted by Gasteiger charge is -2.09. The Kier molecular flexibility index (Phi) is 3.27. The van der Waals surface area contributed by atoms with Crippen molar-refractivity contribution < 1.29 is 4.79 Å². The molecule has 3 rings (SSSR count). The molecule has 0 saturated heterocycles. The summed E-state index contributed by atoms with van der Waals surface area (Å²) in [4.78, 5) is 20.6. The number of pyridine rings is 1. The molecule has 0 saturated carbocycles. The van der Waals surface area contributed by atoms with Crippen molar-refractivity contribution >= 4 is 22.5 Å². The third kappa shape index (κ3) is 2.43. The van der Waals surface area contributed by atoms with Crippen molar-refractivity contribution in [3.05, 3.63) is 54.2 Å². The van der Waals surface area contributed by atoms with Gasteiger partial charge in [0.2, 0.25) is 0 Å². The molecule has 0 radical (unpaired) electrons. The fraction of sp³-hybridized carbons (Fsp3) is 0.133. The summed E-state index contributed by atoms with van der Waals surface area (Å²) in [5.41, 5.74) is 6.35. The zero-order valence-electron chi connectivity index (χ0n) is 11.6. The summed E-state index contributed by atoms with van der Waals surface area (Å²) in [5, 5.41) is 4.42. The van der Waals surface area contributed by atoms with E-state index < -0.39 is 0 Å². The van der Waals surface area contributed by atoms with E-state index >= 15 is 0 Å². The first-order valence-electron chi connectivity index (χ1n) is 6.54. The minimum Gasteiger partial charge on any atom is -0.383 e. The van der Waals surface area contributed by atoms with Crippen LogP contribution >= 0.6 is 0 Å². The number of anilines is 1. The van der Waals surface area contributed by atoms with Crippen LogP contribution in [0.25, 0.3) is 10.8 Å². The van der Waals surface area contributed by atoms with Gasteiger partial charge in [0.05, 0.1) is 12.1 Å². The predicted octanol–water partition coefficient (Wildman–Crippen LogP) is 1.48. The molecule has 106 valence electrons. The van der Waals surface area contributed by atoms with E-state index in [1.165, 1.54) is 6.20 Å². The molecule has 21 heavy (non-hydrogen) atoms. The molecule has 0 fully saturated rings. The molecule has 0 atom stereocenters. The van der Waals surface area contributed by atoms with Crippen molar-refractivity contribution in [2.75, 3.05) is 5.73 Å². The fourth-order valence-corrected chi connectivity index (χ4v) is 2.22. The molecule has 1 aromatic carbocycles. The molecule has 2 aromatic heterocycles. The normalized spacial score (nSPS) is 10.7. The molecular formula is C15H15N5O. The number of aryl methyl sites for hydroxylation is 1. The number of imidazole rings is 1. The summed E-state index contributed by atoms with van der Waals surface area (Å²) in [6.45, 7) is 0.362. The number of amides is 1. The van der Waals surface area contributed by atoms with Crippen LogP contribution in [0.1, 0.15) is 16.2 Å². The third-order valence-electron chi connectivity index (χ3n) is 3.40. The number of carbonyl (C=O) groups is 1. The van der Waals surface area contributed by atoms with Crippen LogP contribution in [0.2, 0.25) is 0 Å². The van der Waals surface area contributed by atoms with Crippen molar-refractivity contribution in [1.29, 1.82) is 0 Å². The molecule has 3 aromatic rings. The number of carbonyl (C=O) groups excluding carboxylic acids is 1. The molecular weight excluding hydrogens is 266 g/mol. The molecule has 1 amide bonds. The molecule has 0 aliphatic carbocycles. The quantitative estimate of drug-likeness (QED) is 0.761. The highest BCUT2D eigenvalue weighted by Crippen LogP contribution is 2.22.